The van der Waals surface area contributed by atoms with Crippen molar-refractivity contribution in [1.82, 2.24) is 4.90 Å². The molecule has 2 unspecified atom stereocenters. The van der Waals surface area contributed by atoms with Crippen LogP contribution in [0.2, 0.25) is 0 Å². The number of benzene rings is 1. The Morgan fingerprint density at radius 2 is 2.00 bits per heavy atom. The zero-order valence-corrected chi connectivity index (χ0v) is 14.1. The molecule has 0 spiro atoms. The van der Waals surface area contributed by atoms with E-state index in [1.54, 1.807) is 19.2 Å². The Balaban J connectivity index is 2.04. The minimum Gasteiger partial charge on any atom is -0.466 e. The number of likely N-dealkylation sites (N-methyl/N-ethyl adjacent to an activating group) is 1. The molecule has 3 atom stereocenters. The highest BCUT2D eigenvalue weighted by molar-refractivity contribution is 6.00. The summed E-state index contributed by atoms with van der Waals surface area (Å²) in [7, 11) is 4.95. The van der Waals surface area contributed by atoms with Crippen LogP contribution in [-0.2, 0) is 19.0 Å². The van der Waals surface area contributed by atoms with Crippen LogP contribution in [-0.4, -0.2) is 57.1 Å². The fourth-order valence-electron chi connectivity index (χ4n) is 3.79. The summed E-state index contributed by atoms with van der Waals surface area (Å²) in [6, 6.07) is 6.33. The predicted molar refractivity (Wildman–Crippen MR) is 86.7 cm³/mol. The van der Waals surface area contributed by atoms with E-state index in [0.717, 1.165) is 17.6 Å². The lowest BCUT2D eigenvalue weighted by molar-refractivity contribution is -0.138. The molecular formula is C18H22FNO4. The molecule has 5 nitrogen and oxygen atoms in total. The SMILES string of the molecule is COCO[C@@H]1CC2CC(c3ccc(F)cc3)=C(C(=O)OC)C1N2C. The summed E-state index contributed by atoms with van der Waals surface area (Å²) in [5.74, 6) is -0.659. The van der Waals surface area contributed by atoms with Gasteiger partial charge in [-0.15, -0.1) is 0 Å². The van der Waals surface area contributed by atoms with Crippen LogP contribution in [0.1, 0.15) is 18.4 Å². The lowest BCUT2D eigenvalue weighted by Gasteiger charge is -2.35. The Morgan fingerprint density at radius 3 is 2.62 bits per heavy atom. The smallest absolute Gasteiger partial charge is 0.335 e. The zero-order chi connectivity index (χ0) is 17.3. The van der Waals surface area contributed by atoms with Gasteiger partial charge in [-0.1, -0.05) is 12.1 Å². The van der Waals surface area contributed by atoms with Crippen molar-refractivity contribution in [3.05, 3.63) is 41.2 Å². The van der Waals surface area contributed by atoms with Gasteiger partial charge in [-0.3, -0.25) is 4.90 Å². The van der Waals surface area contributed by atoms with Crippen molar-refractivity contribution < 1.29 is 23.4 Å². The van der Waals surface area contributed by atoms with Crippen LogP contribution in [0.4, 0.5) is 4.39 Å². The fourth-order valence-corrected chi connectivity index (χ4v) is 3.79. The van der Waals surface area contributed by atoms with E-state index in [9.17, 15) is 9.18 Å². The number of methoxy groups -OCH3 is 2. The van der Waals surface area contributed by atoms with E-state index >= 15 is 0 Å². The summed E-state index contributed by atoms with van der Waals surface area (Å²) in [4.78, 5) is 14.7. The van der Waals surface area contributed by atoms with Crippen molar-refractivity contribution in [3.63, 3.8) is 0 Å². The number of carbonyl (C=O) groups is 1. The van der Waals surface area contributed by atoms with E-state index in [1.807, 2.05) is 7.05 Å². The number of esters is 1. The summed E-state index contributed by atoms with van der Waals surface area (Å²) < 4.78 is 29.1. The molecule has 1 aromatic carbocycles. The summed E-state index contributed by atoms with van der Waals surface area (Å²) in [5.41, 5.74) is 2.37. The molecule has 0 radical (unpaired) electrons. The van der Waals surface area contributed by atoms with Gasteiger partial charge in [0.2, 0.25) is 0 Å². The number of hydrogen-bond donors (Lipinski definition) is 0. The summed E-state index contributed by atoms with van der Waals surface area (Å²) in [6.07, 6.45) is 1.39. The van der Waals surface area contributed by atoms with E-state index in [0.29, 0.717) is 12.0 Å². The lowest BCUT2D eigenvalue weighted by atomic mass is 9.88. The topological polar surface area (TPSA) is 48.0 Å². The first-order chi connectivity index (χ1) is 11.6. The minimum atomic E-state index is -0.363. The van der Waals surface area contributed by atoms with Gasteiger partial charge in [0, 0.05) is 13.2 Å². The van der Waals surface area contributed by atoms with Gasteiger partial charge in [0.15, 0.2) is 0 Å². The van der Waals surface area contributed by atoms with Crippen LogP contribution in [0.5, 0.6) is 0 Å². The van der Waals surface area contributed by atoms with Crippen molar-refractivity contribution in [2.24, 2.45) is 0 Å². The van der Waals surface area contributed by atoms with Gasteiger partial charge < -0.3 is 14.2 Å². The van der Waals surface area contributed by atoms with E-state index in [1.165, 1.54) is 19.2 Å². The molecule has 0 saturated carbocycles. The zero-order valence-electron chi connectivity index (χ0n) is 14.1. The highest BCUT2D eigenvalue weighted by atomic mass is 19.1. The first-order valence-electron chi connectivity index (χ1n) is 7.96. The van der Waals surface area contributed by atoms with Crippen LogP contribution in [0.15, 0.2) is 29.8 Å². The Kier molecular flexibility index (Phi) is 4.99. The first-order valence-corrected chi connectivity index (χ1v) is 7.96. The van der Waals surface area contributed by atoms with Crippen molar-refractivity contribution in [1.29, 1.82) is 0 Å². The molecule has 6 heteroatoms. The molecule has 24 heavy (non-hydrogen) atoms. The Bertz CT molecular complexity index is 643. The van der Waals surface area contributed by atoms with Gasteiger partial charge in [0.1, 0.15) is 12.6 Å². The molecule has 0 aliphatic carbocycles. The lowest BCUT2D eigenvalue weighted by Crippen LogP contribution is -2.44. The molecule has 0 amide bonds. The standard InChI is InChI=1S/C18H22FNO4/c1-20-13-8-14(11-4-6-12(19)7-5-11)16(18(21)23-3)17(20)15(9-13)24-10-22-2/h4-7,13,15,17H,8-10H2,1-3H3/t13?,15-,17?/m1/s1. The van der Waals surface area contributed by atoms with E-state index in [-0.39, 0.29) is 36.8 Å². The molecule has 1 fully saturated rings. The highest BCUT2D eigenvalue weighted by Gasteiger charge is 2.48. The number of fused-ring (bicyclic) bond motifs is 2. The quantitative estimate of drug-likeness (QED) is 0.610. The molecule has 2 aliphatic rings. The van der Waals surface area contributed by atoms with Crippen molar-refractivity contribution in [2.45, 2.75) is 31.0 Å². The highest BCUT2D eigenvalue weighted by Crippen LogP contribution is 2.43. The Hall–Kier alpha value is -1.76. The second kappa shape index (κ2) is 7.01. The number of nitrogens with zero attached hydrogens (tertiary/aromatic N) is 1. The maximum atomic E-state index is 13.3. The summed E-state index contributed by atoms with van der Waals surface area (Å²) in [5, 5.41) is 0. The number of halogens is 1. The Morgan fingerprint density at radius 1 is 1.29 bits per heavy atom. The third kappa shape index (κ3) is 2.97. The fraction of sp³-hybridized carbons (Fsp3) is 0.500. The predicted octanol–water partition coefficient (Wildman–Crippen LogP) is 2.22. The number of rotatable bonds is 5. The summed E-state index contributed by atoms with van der Waals surface area (Å²) >= 11 is 0. The molecule has 130 valence electrons. The second-order valence-corrected chi connectivity index (χ2v) is 6.21. The first kappa shape index (κ1) is 17.1. The molecule has 3 rings (SSSR count). The molecule has 1 aromatic rings. The molecular weight excluding hydrogens is 313 g/mol. The van der Waals surface area contributed by atoms with Crippen molar-refractivity contribution >= 4 is 11.5 Å². The van der Waals surface area contributed by atoms with Crippen molar-refractivity contribution in [2.75, 3.05) is 28.1 Å². The van der Waals surface area contributed by atoms with Gasteiger partial charge in [-0.2, -0.15) is 0 Å². The number of carbonyl (C=O) groups excluding carboxylic acids is 1. The Labute approximate surface area is 141 Å². The monoisotopic (exact) mass is 335 g/mol. The van der Waals surface area contributed by atoms with Crippen LogP contribution in [0, 0.1) is 5.82 Å². The third-order valence-electron chi connectivity index (χ3n) is 4.93. The maximum Gasteiger partial charge on any atom is 0.335 e. The van der Waals surface area contributed by atoms with Gasteiger partial charge in [0.05, 0.1) is 24.8 Å². The molecule has 0 N–H and O–H groups in total. The number of hydrogen-bond acceptors (Lipinski definition) is 5. The second-order valence-electron chi connectivity index (χ2n) is 6.21. The average Bonchev–Trinajstić information content (AvgIpc) is 2.79. The van der Waals surface area contributed by atoms with Gasteiger partial charge >= 0.3 is 5.97 Å². The average molecular weight is 335 g/mol. The van der Waals surface area contributed by atoms with Crippen LogP contribution < -0.4 is 0 Å². The number of ether oxygens (including phenoxy) is 3. The third-order valence-corrected chi connectivity index (χ3v) is 4.93. The largest absolute Gasteiger partial charge is 0.466 e. The van der Waals surface area contributed by atoms with E-state index in [4.69, 9.17) is 14.2 Å². The molecule has 2 heterocycles. The minimum absolute atomic E-state index is 0.132. The van der Waals surface area contributed by atoms with Crippen LogP contribution in [0.3, 0.4) is 0 Å². The molecule has 0 aromatic heterocycles. The van der Waals surface area contributed by atoms with Crippen LogP contribution in [0.25, 0.3) is 5.57 Å². The van der Waals surface area contributed by atoms with Crippen molar-refractivity contribution in [3.8, 4) is 0 Å². The van der Waals surface area contributed by atoms with E-state index < -0.39 is 0 Å². The molecule has 2 bridgehead atoms. The van der Waals surface area contributed by atoms with Gasteiger partial charge in [0.25, 0.3) is 0 Å². The van der Waals surface area contributed by atoms with Gasteiger partial charge in [-0.05, 0) is 43.2 Å². The summed E-state index contributed by atoms with van der Waals surface area (Å²) in [6.45, 7) is 0.183. The van der Waals surface area contributed by atoms with E-state index in [2.05, 4.69) is 4.90 Å². The molecule has 2 aliphatic heterocycles. The normalized spacial score (nSPS) is 26.8. The van der Waals surface area contributed by atoms with Crippen LogP contribution >= 0.6 is 0 Å². The maximum absolute atomic E-state index is 13.3. The van der Waals surface area contributed by atoms with Gasteiger partial charge in [-0.25, -0.2) is 9.18 Å². The molecule has 1 saturated heterocycles.